The summed E-state index contributed by atoms with van der Waals surface area (Å²) >= 11 is 0. The molecule has 7 atom stereocenters. The maximum absolute atomic E-state index is 12.6. The standard InChI is InChI=1S/C27H37NO7/c1-26-13-11-17(29)15-16(26)3-4-18-19-5-6-21(27(19,2)14-12-20(18)26)34-24(32)9-10-25(33)35-28-22(30)7-8-23(28)31/h16,18-21H,3-15H2,1-2H3/t16-,18+,19-,20+,21-,26-,27-/m0/s1. The highest BCUT2D eigenvalue weighted by Gasteiger charge is 2.61. The van der Waals surface area contributed by atoms with Crippen LogP contribution in [0.2, 0.25) is 0 Å². The second-order valence-corrected chi connectivity index (χ2v) is 12.0. The molecule has 5 aliphatic rings. The minimum absolute atomic E-state index is 0.0371. The van der Waals surface area contributed by atoms with Crippen molar-refractivity contribution in [3.8, 4) is 0 Å². The molecule has 5 fully saturated rings. The molecule has 5 rings (SSSR count). The van der Waals surface area contributed by atoms with Crippen LogP contribution < -0.4 is 0 Å². The van der Waals surface area contributed by atoms with Gasteiger partial charge in [0.1, 0.15) is 11.9 Å². The largest absolute Gasteiger partial charge is 0.462 e. The fraction of sp³-hybridized carbons (Fsp3) is 0.815. The van der Waals surface area contributed by atoms with Crippen LogP contribution in [0.3, 0.4) is 0 Å². The summed E-state index contributed by atoms with van der Waals surface area (Å²) in [6.45, 7) is 4.70. The van der Waals surface area contributed by atoms with Crippen LogP contribution in [-0.4, -0.2) is 40.7 Å². The van der Waals surface area contributed by atoms with Gasteiger partial charge in [-0.15, -0.1) is 5.06 Å². The van der Waals surface area contributed by atoms with E-state index in [0.717, 1.165) is 51.4 Å². The number of imide groups is 1. The molecule has 0 unspecified atom stereocenters. The Hall–Kier alpha value is -2.25. The van der Waals surface area contributed by atoms with Crippen LogP contribution in [0.15, 0.2) is 0 Å². The zero-order valence-corrected chi connectivity index (χ0v) is 20.9. The molecule has 4 aliphatic carbocycles. The molecule has 0 N–H and O–H groups in total. The van der Waals surface area contributed by atoms with Crippen LogP contribution in [0.4, 0.5) is 0 Å². The summed E-state index contributed by atoms with van der Waals surface area (Å²) in [6, 6.07) is 0. The molecule has 2 amide bonds. The smallest absolute Gasteiger partial charge is 0.333 e. The number of esters is 1. The van der Waals surface area contributed by atoms with E-state index in [1.807, 2.05) is 0 Å². The van der Waals surface area contributed by atoms with Gasteiger partial charge in [-0.2, -0.15) is 0 Å². The molecule has 0 aromatic heterocycles. The summed E-state index contributed by atoms with van der Waals surface area (Å²) in [5.41, 5.74) is 0.199. The molecule has 8 nitrogen and oxygen atoms in total. The van der Waals surface area contributed by atoms with Gasteiger partial charge in [-0.1, -0.05) is 13.8 Å². The fourth-order valence-corrected chi connectivity index (χ4v) is 8.42. The Morgan fingerprint density at radius 3 is 2.26 bits per heavy atom. The maximum atomic E-state index is 12.6. The molecule has 1 aliphatic heterocycles. The summed E-state index contributed by atoms with van der Waals surface area (Å²) in [4.78, 5) is 64.8. The third-order valence-electron chi connectivity index (χ3n) is 10.4. The maximum Gasteiger partial charge on any atom is 0.333 e. The Morgan fingerprint density at radius 2 is 1.51 bits per heavy atom. The summed E-state index contributed by atoms with van der Waals surface area (Å²) in [7, 11) is 0. The number of nitrogens with zero attached hydrogens (tertiary/aromatic N) is 1. The van der Waals surface area contributed by atoms with E-state index < -0.39 is 23.8 Å². The summed E-state index contributed by atoms with van der Waals surface area (Å²) in [6.07, 6.45) is 8.39. The van der Waals surface area contributed by atoms with E-state index >= 15 is 0 Å². The van der Waals surface area contributed by atoms with Crippen molar-refractivity contribution < 1.29 is 33.5 Å². The molecule has 0 aromatic rings. The van der Waals surface area contributed by atoms with Crippen LogP contribution in [0.5, 0.6) is 0 Å². The number of Topliss-reactive ketones (excluding diaryl/α,β-unsaturated/α-hetero) is 1. The number of hydrogen-bond acceptors (Lipinski definition) is 7. The first-order chi connectivity index (χ1) is 16.6. The van der Waals surface area contributed by atoms with Crippen LogP contribution in [0, 0.1) is 34.5 Å². The van der Waals surface area contributed by atoms with Crippen LogP contribution >= 0.6 is 0 Å². The molecule has 1 heterocycles. The van der Waals surface area contributed by atoms with E-state index in [1.54, 1.807) is 0 Å². The van der Waals surface area contributed by atoms with Crippen LogP contribution in [0.1, 0.15) is 97.3 Å². The molecule has 0 spiro atoms. The van der Waals surface area contributed by atoms with E-state index in [0.29, 0.717) is 34.5 Å². The molecule has 1 saturated heterocycles. The predicted octanol–water partition coefficient (Wildman–Crippen LogP) is 3.90. The van der Waals surface area contributed by atoms with Crippen molar-refractivity contribution in [3.63, 3.8) is 0 Å². The average Bonchev–Trinajstić information content (AvgIpc) is 3.31. The molecule has 0 bridgehead atoms. The molecule has 35 heavy (non-hydrogen) atoms. The molecular weight excluding hydrogens is 450 g/mol. The Morgan fingerprint density at radius 1 is 0.829 bits per heavy atom. The lowest BCUT2D eigenvalue weighted by Gasteiger charge is -2.60. The molecule has 192 valence electrons. The first-order valence-corrected chi connectivity index (χ1v) is 13.4. The molecule has 8 heteroatoms. The number of carbonyl (C=O) groups is 5. The second kappa shape index (κ2) is 9.00. The minimum atomic E-state index is -0.780. The van der Waals surface area contributed by atoms with E-state index in [4.69, 9.17) is 9.57 Å². The van der Waals surface area contributed by atoms with E-state index in [-0.39, 0.29) is 42.6 Å². The Labute approximate surface area is 206 Å². The van der Waals surface area contributed by atoms with Crippen molar-refractivity contribution in [1.29, 1.82) is 0 Å². The van der Waals surface area contributed by atoms with Gasteiger partial charge in [-0.3, -0.25) is 19.2 Å². The lowest BCUT2D eigenvalue weighted by atomic mass is 9.45. The van der Waals surface area contributed by atoms with E-state index in [1.165, 1.54) is 6.42 Å². The number of ether oxygens (including phenoxy) is 1. The zero-order chi connectivity index (χ0) is 25.0. The van der Waals surface area contributed by atoms with Gasteiger partial charge in [0.15, 0.2) is 0 Å². The number of fused-ring (bicyclic) bond motifs is 5. The SMILES string of the molecule is C[C@]12CCC(=O)C[C@@H]1CC[C@H]1[C@H]2CC[C@]2(C)[C@@H](OC(=O)CCC(=O)ON3C(=O)CCC3=O)CC[C@@H]12. The van der Waals surface area contributed by atoms with Gasteiger partial charge in [0.05, 0.1) is 12.8 Å². The van der Waals surface area contributed by atoms with Gasteiger partial charge in [0.25, 0.3) is 11.8 Å². The van der Waals surface area contributed by atoms with Crippen molar-refractivity contribution in [2.45, 2.75) is 103 Å². The molecule has 4 saturated carbocycles. The number of ketones is 1. The van der Waals surface area contributed by atoms with Gasteiger partial charge in [-0.25, -0.2) is 4.79 Å². The van der Waals surface area contributed by atoms with Crippen LogP contribution in [-0.2, 0) is 33.5 Å². The van der Waals surface area contributed by atoms with Crippen LogP contribution in [0.25, 0.3) is 0 Å². The average molecular weight is 488 g/mol. The Bertz CT molecular complexity index is 930. The summed E-state index contributed by atoms with van der Waals surface area (Å²) in [5.74, 6) is 0.464. The summed E-state index contributed by atoms with van der Waals surface area (Å²) in [5, 5.41) is 0.506. The molecular formula is C27H37NO7. The number of hydroxylamine groups is 2. The normalized spacial score (nSPS) is 40.7. The number of rotatable bonds is 5. The zero-order valence-electron chi connectivity index (χ0n) is 20.9. The Kier molecular flexibility index (Phi) is 6.29. The monoisotopic (exact) mass is 487 g/mol. The third-order valence-corrected chi connectivity index (χ3v) is 10.4. The van der Waals surface area contributed by atoms with Gasteiger partial charge in [-0.05, 0) is 74.0 Å². The van der Waals surface area contributed by atoms with Gasteiger partial charge in [0, 0.05) is 31.1 Å². The topological polar surface area (TPSA) is 107 Å². The number of carbonyl (C=O) groups excluding carboxylic acids is 5. The van der Waals surface area contributed by atoms with E-state index in [2.05, 4.69) is 13.8 Å². The lowest BCUT2D eigenvalue weighted by molar-refractivity contribution is -0.198. The fourth-order valence-electron chi connectivity index (χ4n) is 8.42. The first-order valence-electron chi connectivity index (χ1n) is 13.4. The quantitative estimate of drug-likeness (QED) is 0.428. The number of hydrogen-bond donors (Lipinski definition) is 0. The van der Waals surface area contributed by atoms with Gasteiger partial charge < -0.3 is 9.57 Å². The molecule has 0 aromatic carbocycles. The van der Waals surface area contributed by atoms with E-state index in [9.17, 15) is 24.0 Å². The minimum Gasteiger partial charge on any atom is -0.462 e. The summed E-state index contributed by atoms with van der Waals surface area (Å²) < 4.78 is 5.93. The van der Waals surface area contributed by atoms with Crippen molar-refractivity contribution in [3.05, 3.63) is 0 Å². The predicted molar refractivity (Wildman–Crippen MR) is 123 cm³/mol. The highest BCUT2D eigenvalue weighted by Crippen LogP contribution is 2.66. The van der Waals surface area contributed by atoms with Crippen molar-refractivity contribution in [1.82, 2.24) is 5.06 Å². The second-order valence-electron chi connectivity index (χ2n) is 12.0. The molecule has 0 radical (unpaired) electrons. The van der Waals surface area contributed by atoms with Gasteiger partial charge in [0.2, 0.25) is 0 Å². The van der Waals surface area contributed by atoms with Crippen molar-refractivity contribution in [2.75, 3.05) is 0 Å². The highest BCUT2D eigenvalue weighted by atomic mass is 16.7. The Balaban J connectivity index is 1.17. The van der Waals surface area contributed by atoms with Crippen molar-refractivity contribution >= 4 is 29.5 Å². The highest BCUT2D eigenvalue weighted by molar-refractivity contribution is 6.01. The lowest BCUT2D eigenvalue weighted by Crippen LogP contribution is -2.54. The first kappa shape index (κ1) is 24.4. The van der Waals surface area contributed by atoms with Crippen molar-refractivity contribution in [2.24, 2.45) is 34.5 Å². The third kappa shape index (κ3) is 4.20. The van der Waals surface area contributed by atoms with Gasteiger partial charge >= 0.3 is 11.9 Å². The number of amides is 2.